The molecule has 1 N–H and O–H groups in total. The summed E-state index contributed by atoms with van der Waals surface area (Å²) < 4.78 is 18.0. The molecule has 1 aromatic carbocycles. The Labute approximate surface area is 87.5 Å². The van der Waals surface area contributed by atoms with Gasteiger partial charge in [0.25, 0.3) is 0 Å². The first-order chi connectivity index (χ1) is 7.28. The van der Waals surface area contributed by atoms with Gasteiger partial charge in [0.15, 0.2) is 0 Å². The Morgan fingerprint density at radius 1 is 1.47 bits per heavy atom. The molecule has 15 heavy (non-hydrogen) atoms. The van der Waals surface area contributed by atoms with Gasteiger partial charge in [0.1, 0.15) is 5.82 Å². The van der Waals surface area contributed by atoms with Crippen LogP contribution in [0.1, 0.15) is 11.1 Å². The van der Waals surface area contributed by atoms with Gasteiger partial charge in [-0.05, 0) is 23.8 Å². The van der Waals surface area contributed by atoms with Crippen molar-refractivity contribution in [2.24, 2.45) is 0 Å². The van der Waals surface area contributed by atoms with Gasteiger partial charge in [-0.15, -0.1) is 0 Å². The zero-order valence-corrected chi connectivity index (χ0v) is 8.16. The van der Waals surface area contributed by atoms with Crippen LogP contribution in [-0.2, 0) is 11.3 Å². The van der Waals surface area contributed by atoms with Gasteiger partial charge in [0, 0.05) is 6.54 Å². The van der Waals surface area contributed by atoms with Crippen molar-refractivity contribution < 1.29 is 9.13 Å². The molecule has 0 unspecified atom stereocenters. The van der Waals surface area contributed by atoms with Gasteiger partial charge >= 0.3 is 0 Å². The lowest BCUT2D eigenvalue weighted by molar-refractivity contribution is -0.00579. The molecule has 1 saturated heterocycles. The number of ether oxygens (including phenoxy) is 1. The fraction of sp³-hybridized carbons (Fsp3) is 0.364. The Hall–Kier alpha value is -1.44. The predicted molar refractivity (Wildman–Crippen MR) is 52.6 cm³/mol. The average Bonchev–Trinajstić information content (AvgIpc) is 2.14. The molecule has 78 valence electrons. The van der Waals surface area contributed by atoms with Crippen molar-refractivity contribution in [2.45, 2.75) is 12.6 Å². The molecule has 0 amide bonds. The van der Waals surface area contributed by atoms with E-state index in [0.29, 0.717) is 31.4 Å². The molecule has 1 aromatic rings. The Morgan fingerprint density at radius 2 is 2.27 bits per heavy atom. The molecule has 0 aromatic heterocycles. The first kappa shape index (κ1) is 10.1. The second-order valence-electron chi connectivity index (χ2n) is 3.58. The number of benzene rings is 1. The SMILES string of the molecule is N#Cc1cc(F)cc(CNC2COC2)c1. The topological polar surface area (TPSA) is 45.0 Å². The van der Waals surface area contributed by atoms with E-state index in [2.05, 4.69) is 5.32 Å². The summed E-state index contributed by atoms with van der Waals surface area (Å²) in [5.74, 6) is -0.365. The van der Waals surface area contributed by atoms with Crippen LogP contribution in [0.15, 0.2) is 18.2 Å². The number of rotatable bonds is 3. The van der Waals surface area contributed by atoms with Crippen LogP contribution in [0.4, 0.5) is 4.39 Å². The zero-order valence-electron chi connectivity index (χ0n) is 8.16. The van der Waals surface area contributed by atoms with Crippen LogP contribution in [0.3, 0.4) is 0 Å². The summed E-state index contributed by atoms with van der Waals surface area (Å²) in [6.45, 7) is 1.99. The first-order valence-corrected chi connectivity index (χ1v) is 4.78. The molecule has 0 radical (unpaired) electrons. The summed E-state index contributed by atoms with van der Waals surface area (Å²) in [4.78, 5) is 0. The van der Waals surface area contributed by atoms with Crippen LogP contribution in [0.25, 0.3) is 0 Å². The van der Waals surface area contributed by atoms with Gasteiger partial charge in [-0.2, -0.15) is 5.26 Å². The van der Waals surface area contributed by atoms with E-state index in [1.165, 1.54) is 12.1 Å². The average molecular weight is 206 g/mol. The summed E-state index contributed by atoms with van der Waals surface area (Å²) in [6, 6.07) is 6.65. The Balaban J connectivity index is 2.00. The third-order valence-electron chi connectivity index (χ3n) is 2.32. The van der Waals surface area contributed by atoms with Crippen molar-refractivity contribution in [3.63, 3.8) is 0 Å². The van der Waals surface area contributed by atoms with Gasteiger partial charge < -0.3 is 10.1 Å². The van der Waals surface area contributed by atoms with Gasteiger partial charge in [-0.25, -0.2) is 4.39 Å². The van der Waals surface area contributed by atoms with Crippen molar-refractivity contribution >= 4 is 0 Å². The van der Waals surface area contributed by atoms with Crippen LogP contribution >= 0.6 is 0 Å². The number of nitrogens with zero attached hydrogens (tertiary/aromatic N) is 1. The van der Waals surface area contributed by atoms with E-state index < -0.39 is 0 Å². The molecule has 1 aliphatic heterocycles. The highest BCUT2D eigenvalue weighted by molar-refractivity contribution is 5.33. The summed E-state index contributed by atoms with van der Waals surface area (Å²) in [5.41, 5.74) is 1.15. The molecule has 3 nitrogen and oxygen atoms in total. The molecule has 4 heteroatoms. The maximum atomic E-state index is 13.0. The quantitative estimate of drug-likeness (QED) is 0.807. The standard InChI is InChI=1S/C11H11FN2O/c12-10-2-8(4-13)1-9(3-10)5-14-11-6-15-7-11/h1-3,11,14H,5-7H2. The van der Waals surface area contributed by atoms with Gasteiger partial charge in [-0.1, -0.05) is 0 Å². The lowest BCUT2D eigenvalue weighted by atomic mass is 10.1. The maximum Gasteiger partial charge on any atom is 0.124 e. The highest BCUT2D eigenvalue weighted by atomic mass is 19.1. The highest BCUT2D eigenvalue weighted by Gasteiger charge is 2.17. The molecule has 0 atom stereocenters. The zero-order chi connectivity index (χ0) is 10.7. The number of halogens is 1. The Bertz CT molecular complexity index is 396. The smallest absolute Gasteiger partial charge is 0.124 e. The van der Waals surface area contributed by atoms with Crippen LogP contribution in [-0.4, -0.2) is 19.3 Å². The summed E-state index contributed by atoms with van der Waals surface area (Å²) >= 11 is 0. The van der Waals surface area contributed by atoms with Crippen molar-refractivity contribution in [1.29, 1.82) is 5.26 Å². The molecule has 1 aliphatic rings. The molecular weight excluding hydrogens is 195 g/mol. The van der Waals surface area contributed by atoms with Crippen LogP contribution in [0.5, 0.6) is 0 Å². The third kappa shape index (κ3) is 2.52. The Kier molecular flexibility index (Phi) is 2.95. The minimum Gasteiger partial charge on any atom is -0.378 e. The number of hydrogen-bond acceptors (Lipinski definition) is 3. The number of hydrogen-bond donors (Lipinski definition) is 1. The number of nitriles is 1. The lowest BCUT2D eigenvalue weighted by Gasteiger charge is -2.27. The minimum atomic E-state index is -0.365. The van der Waals surface area contributed by atoms with E-state index in [0.717, 1.165) is 5.56 Å². The molecule has 0 aliphatic carbocycles. The molecular formula is C11H11FN2O. The van der Waals surface area contributed by atoms with Gasteiger partial charge in [0.05, 0.1) is 30.9 Å². The van der Waals surface area contributed by atoms with Gasteiger partial charge in [-0.3, -0.25) is 0 Å². The summed E-state index contributed by atoms with van der Waals surface area (Å²) in [6.07, 6.45) is 0. The number of nitrogens with one attached hydrogen (secondary N) is 1. The van der Waals surface area contributed by atoms with E-state index in [1.54, 1.807) is 6.07 Å². The third-order valence-corrected chi connectivity index (χ3v) is 2.32. The van der Waals surface area contributed by atoms with E-state index in [9.17, 15) is 4.39 Å². The summed E-state index contributed by atoms with van der Waals surface area (Å²) in [7, 11) is 0. The lowest BCUT2D eigenvalue weighted by Crippen LogP contribution is -2.45. The second kappa shape index (κ2) is 4.39. The fourth-order valence-corrected chi connectivity index (χ4v) is 1.43. The minimum absolute atomic E-state index is 0.358. The monoisotopic (exact) mass is 206 g/mol. The van der Waals surface area contributed by atoms with Crippen LogP contribution in [0.2, 0.25) is 0 Å². The van der Waals surface area contributed by atoms with E-state index >= 15 is 0 Å². The fourth-order valence-electron chi connectivity index (χ4n) is 1.43. The van der Waals surface area contributed by atoms with Crippen LogP contribution in [0, 0.1) is 17.1 Å². The van der Waals surface area contributed by atoms with Gasteiger partial charge in [0.2, 0.25) is 0 Å². The van der Waals surface area contributed by atoms with E-state index in [4.69, 9.17) is 10.00 Å². The highest BCUT2D eigenvalue weighted by Crippen LogP contribution is 2.09. The molecule has 1 fully saturated rings. The molecule has 2 rings (SSSR count). The van der Waals surface area contributed by atoms with Crippen molar-refractivity contribution in [1.82, 2.24) is 5.32 Å². The maximum absolute atomic E-state index is 13.0. The largest absolute Gasteiger partial charge is 0.378 e. The molecule has 0 bridgehead atoms. The van der Waals surface area contributed by atoms with Crippen molar-refractivity contribution in [3.05, 3.63) is 35.1 Å². The van der Waals surface area contributed by atoms with Crippen molar-refractivity contribution in [2.75, 3.05) is 13.2 Å². The van der Waals surface area contributed by atoms with Crippen LogP contribution < -0.4 is 5.32 Å². The first-order valence-electron chi connectivity index (χ1n) is 4.78. The predicted octanol–water partition coefficient (Wildman–Crippen LogP) is 1.19. The molecule has 0 saturated carbocycles. The van der Waals surface area contributed by atoms with E-state index in [1.807, 2.05) is 6.07 Å². The molecule has 0 spiro atoms. The van der Waals surface area contributed by atoms with E-state index in [-0.39, 0.29) is 5.82 Å². The second-order valence-corrected chi connectivity index (χ2v) is 3.58. The normalized spacial score (nSPS) is 15.7. The van der Waals surface area contributed by atoms with Crippen molar-refractivity contribution in [3.8, 4) is 6.07 Å². The Morgan fingerprint density at radius 3 is 2.87 bits per heavy atom. The molecule has 1 heterocycles. The summed E-state index contributed by atoms with van der Waals surface area (Å²) in [5, 5.41) is 11.9.